The number of rotatable bonds is 5. The summed E-state index contributed by atoms with van der Waals surface area (Å²) < 4.78 is 42.7. The highest BCUT2D eigenvalue weighted by Gasteiger charge is 2.29. The van der Waals surface area contributed by atoms with Crippen molar-refractivity contribution in [2.75, 3.05) is 6.61 Å². The van der Waals surface area contributed by atoms with Gasteiger partial charge >= 0.3 is 6.18 Å². The van der Waals surface area contributed by atoms with Gasteiger partial charge in [0.05, 0.1) is 5.69 Å². The number of carbonyl (C=O) groups is 2. The molecule has 1 aliphatic heterocycles. The number of hydrogen-bond acceptors (Lipinski definition) is 3. The topological polar surface area (TPSA) is 60.3 Å². The first kappa shape index (κ1) is 18.0. The minimum absolute atomic E-state index is 0.0218. The molecule has 1 aromatic heterocycles. The van der Waals surface area contributed by atoms with Gasteiger partial charge in [-0.1, -0.05) is 12.1 Å². The van der Waals surface area contributed by atoms with Crippen molar-refractivity contribution in [3.05, 3.63) is 53.9 Å². The van der Waals surface area contributed by atoms with Gasteiger partial charge in [-0.25, -0.2) is 0 Å². The summed E-state index contributed by atoms with van der Waals surface area (Å²) in [4.78, 5) is 24.2. The first-order valence-electron chi connectivity index (χ1n) is 8.10. The van der Waals surface area contributed by atoms with Crippen molar-refractivity contribution in [3.8, 4) is 5.75 Å². The zero-order valence-electron chi connectivity index (χ0n) is 13.8. The Labute approximate surface area is 147 Å². The third-order valence-electron chi connectivity index (χ3n) is 4.14. The molecule has 0 saturated heterocycles. The second-order valence-electron chi connectivity index (χ2n) is 6.04. The molecular formula is C18H17F3N2O3. The first-order chi connectivity index (χ1) is 12.3. The highest BCUT2D eigenvalue weighted by Crippen LogP contribution is 2.25. The van der Waals surface area contributed by atoms with Gasteiger partial charge in [0.25, 0.3) is 0 Å². The van der Waals surface area contributed by atoms with E-state index in [4.69, 9.17) is 0 Å². The molecule has 1 N–H and O–H groups in total. The van der Waals surface area contributed by atoms with Crippen molar-refractivity contribution >= 4 is 11.7 Å². The number of nitrogens with zero attached hydrogens (tertiary/aromatic N) is 1. The molecule has 1 aromatic carbocycles. The fourth-order valence-electron chi connectivity index (χ4n) is 2.87. The number of aromatic nitrogens is 1. The number of halogens is 3. The molecule has 26 heavy (non-hydrogen) atoms. The minimum Gasteiger partial charge on any atom is -0.484 e. The molecule has 1 aliphatic rings. The van der Waals surface area contributed by atoms with Crippen LogP contribution in [-0.4, -0.2) is 29.0 Å². The Balaban J connectivity index is 1.55. The molecule has 0 radical (unpaired) electrons. The van der Waals surface area contributed by atoms with Gasteiger partial charge in [0.1, 0.15) is 11.8 Å². The van der Waals surface area contributed by atoms with Gasteiger partial charge in [-0.05, 0) is 36.2 Å². The van der Waals surface area contributed by atoms with E-state index in [1.807, 2.05) is 0 Å². The van der Waals surface area contributed by atoms with Crippen molar-refractivity contribution < 1.29 is 27.5 Å². The van der Waals surface area contributed by atoms with Crippen LogP contribution in [0.5, 0.6) is 5.75 Å². The van der Waals surface area contributed by atoms with Gasteiger partial charge in [-0.3, -0.25) is 9.59 Å². The molecule has 138 valence electrons. The molecule has 0 spiro atoms. The Hall–Kier alpha value is -2.77. The molecule has 3 rings (SSSR count). The molecule has 2 heterocycles. The smallest absolute Gasteiger partial charge is 0.422 e. The molecule has 8 heteroatoms. The largest absolute Gasteiger partial charge is 0.484 e. The van der Waals surface area contributed by atoms with Crippen LogP contribution in [0.1, 0.15) is 34.9 Å². The van der Waals surface area contributed by atoms with Crippen LogP contribution in [0.2, 0.25) is 0 Å². The van der Waals surface area contributed by atoms with Crippen molar-refractivity contribution in [3.63, 3.8) is 0 Å². The Morgan fingerprint density at radius 3 is 2.65 bits per heavy atom. The van der Waals surface area contributed by atoms with Crippen LogP contribution >= 0.6 is 0 Å². The van der Waals surface area contributed by atoms with Crippen LogP contribution < -0.4 is 10.1 Å². The van der Waals surface area contributed by atoms with E-state index in [1.165, 1.54) is 12.1 Å². The van der Waals surface area contributed by atoms with Gasteiger partial charge in [0, 0.05) is 19.2 Å². The van der Waals surface area contributed by atoms with Crippen LogP contribution in [0.25, 0.3) is 0 Å². The number of Topliss-reactive ketones (excluding diaryl/α,β-unsaturated/α-hetero) is 1. The normalized spacial score (nSPS) is 16.9. The molecular weight excluding hydrogens is 349 g/mol. The van der Waals surface area contributed by atoms with Crippen LogP contribution in [0, 0.1) is 0 Å². The maximum Gasteiger partial charge on any atom is 0.422 e. The van der Waals surface area contributed by atoms with E-state index >= 15 is 0 Å². The molecule has 1 unspecified atom stereocenters. The van der Waals surface area contributed by atoms with Gasteiger partial charge in [-0.15, -0.1) is 0 Å². The molecule has 1 atom stereocenters. The summed E-state index contributed by atoms with van der Waals surface area (Å²) in [6.45, 7) is -1.11. The highest BCUT2D eigenvalue weighted by molar-refractivity contribution is 5.97. The standard InChI is InChI=1S/C18H17F3N2O3/c19-18(20,21)11-26-13-5-3-12(4-6-13)10-22-17(25)15-7-8-16(24)14-2-1-9-23(14)15/h1-6,9,15H,7-8,10-11H2,(H,22,25). The summed E-state index contributed by atoms with van der Waals surface area (Å²) in [6, 6.07) is 9.04. The quantitative estimate of drug-likeness (QED) is 0.884. The highest BCUT2D eigenvalue weighted by atomic mass is 19.4. The maximum atomic E-state index is 12.4. The fraction of sp³-hybridized carbons (Fsp3) is 0.333. The number of hydrogen-bond donors (Lipinski definition) is 1. The van der Waals surface area contributed by atoms with Gasteiger partial charge in [-0.2, -0.15) is 13.2 Å². The third kappa shape index (κ3) is 4.25. The van der Waals surface area contributed by atoms with E-state index in [1.54, 1.807) is 35.0 Å². The Bertz CT molecular complexity index is 797. The van der Waals surface area contributed by atoms with Gasteiger partial charge < -0.3 is 14.6 Å². The van der Waals surface area contributed by atoms with Crippen LogP contribution in [0.15, 0.2) is 42.6 Å². The Kier molecular flexibility index (Phi) is 5.01. The summed E-state index contributed by atoms with van der Waals surface area (Å²) in [5, 5.41) is 2.80. The second kappa shape index (κ2) is 7.23. The van der Waals surface area contributed by atoms with Crippen LogP contribution in [0.4, 0.5) is 13.2 Å². The maximum absolute atomic E-state index is 12.4. The number of ketones is 1. The number of fused-ring (bicyclic) bond motifs is 1. The average molecular weight is 366 g/mol. The predicted molar refractivity (Wildman–Crippen MR) is 86.9 cm³/mol. The number of benzene rings is 1. The van der Waals surface area contributed by atoms with Gasteiger partial charge in [0.15, 0.2) is 12.4 Å². The summed E-state index contributed by atoms with van der Waals surface area (Å²) in [6.07, 6.45) is -1.90. The minimum atomic E-state index is -4.38. The predicted octanol–water partition coefficient (Wildman–Crippen LogP) is 3.26. The van der Waals surface area contributed by atoms with Crippen LogP contribution in [-0.2, 0) is 11.3 Å². The lowest BCUT2D eigenvalue weighted by atomic mass is 10.0. The molecule has 0 fully saturated rings. The number of carbonyl (C=O) groups excluding carboxylic acids is 2. The van der Waals surface area contributed by atoms with E-state index < -0.39 is 18.8 Å². The molecule has 0 aliphatic carbocycles. The van der Waals surface area contributed by atoms with Crippen LogP contribution in [0.3, 0.4) is 0 Å². The summed E-state index contributed by atoms with van der Waals surface area (Å²) in [5.41, 5.74) is 1.26. The molecule has 1 amide bonds. The zero-order valence-corrected chi connectivity index (χ0v) is 13.8. The number of alkyl halides is 3. The molecule has 2 aromatic rings. The molecule has 0 bridgehead atoms. The fourth-order valence-corrected chi connectivity index (χ4v) is 2.87. The molecule has 5 nitrogen and oxygen atoms in total. The van der Waals surface area contributed by atoms with Crippen molar-refractivity contribution in [1.29, 1.82) is 0 Å². The zero-order chi connectivity index (χ0) is 18.7. The summed E-state index contributed by atoms with van der Waals surface area (Å²) in [7, 11) is 0. The number of nitrogens with one attached hydrogen (secondary N) is 1. The van der Waals surface area contributed by atoms with E-state index in [2.05, 4.69) is 10.1 Å². The van der Waals surface area contributed by atoms with Crippen molar-refractivity contribution in [2.45, 2.75) is 31.6 Å². The Morgan fingerprint density at radius 2 is 1.96 bits per heavy atom. The van der Waals surface area contributed by atoms with Crippen molar-refractivity contribution in [2.24, 2.45) is 0 Å². The molecule has 0 saturated carbocycles. The van der Waals surface area contributed by atoms with Gasteiger partial charge in [0.2, 0.25) is 5.91 Å². The van der Waals surface area contributed by atoms with E-state index in [0.717, 1.165) is 5.56 Å². The lowest BCUT2D eigenvalue weighted by molar-refractivity contribution is -0.153. The lowest BCUT2D eigenvalue weighted by Gasteiger charge is -2.24. The lowest BCUT2D eigenvalue weighted by Crippen LogP contribution is -2.35. The van der Waals surface area contributed by atoms with E-state index in [0.29, 0.717) is 18.5 Å². The average Bonchev–Trinajstić information content (AvgIpc) is 3.09. The van der Waals surface area contributed by atoms with E-state index in [-0.39, 0.29) is 24.0 Å². The number of ether oxygens (including phenoxy) is 1. The van der Waals surface area contributed by atoms with Crippen molar-refractivity contribution in [1.82, 2.24) is 9.88 Å². The Morgan fingerprint density at radius 1 is 1.23 bits per heavy atom. The monoisotopic (exact) mass is 366 g/mol. The SMILES string of the molecule is O=C1CCC(C(=O)NCc2ccc(OCC(F)(F)F)cc2)n2cccc21. The number of amides is 1. The summed E-state index contributed by atoms with van der Waals surface area (Å²) in [5.74, 6) is -0.0685. The third-order valence-corrected chi connectivity index (χ3v) is 4.14. The second-order valence-corrected chi connectivity index (χ2v) is 6.04. The summed E-state index contributed by atoms with van der Waals surface area (Å²) >= 11 is 0. The first-order valence-corrected chi connectivity index (χ1v) is 8.10. The van der Waals surface area contributed by atoms with E-state index in [9.17, 15) is 22.8 Å².